The summed E-state index contributed by atoms with van der Waals surface area (Å²) in [7, 11) is 0. The van der Waals surface area contributed by atoms with Crippen molar-refractivity contribution in [3.63, 3.8) is 0 Å². The molecule has 1 aromatic heterocycles. The number of hydrogen-bond donors (Lipinski definition) is 2. The molecule has 346 valence electrons. The zero-order valence-electron chi connectivity index (χ0n) is 42.2. The molecule has 2 amide bonds. The number of thiophene rings is 1. The largest absolute Gasteiger partial charge is 0.618 e. The van der Waals surface area contributed by atoms with E-state index in [0.717, 1.165) is 43.1 Å². The van der Waals surface area contributed by atoms with E-state index < -0.39 is 0 Å². The molecule has 0 aliphatic carbocycles. The van der Waals surface area contributed by atoms with E-state index in [1.54, 1.807) is 60.7 Å². The van der Waals surface area contributed by atoms with E-state index >= 15 is 0 Å². The van der Waals surface area contributed by atoms with Gasteiger partial charge in [-0.2, -0.15) is 9.48 Å². The number of anilines is 2. The SMILES string of the molecule is CC(C)(C)c1cc(C(C)(C)C)c(NC(=O)c2ccc(/[N+]([O-])=C/c3ccc(/C=[N+](\[O-])c4ccc(C(=O)Nc5c(C(C)(C)C)cc(C(C)(C)C)cc5C(C)(C)C)cc4)s3)cc2)c(C(C)(C)C)c1. The molecule has 5 rings (SSSR count). The highest BCUT2D eigenvalue weighted by atomic mass is 32.1. The van der Waals surface area contributed by atoms with Gasteiger partial charge in [-0.05, 0) is 102 Å². The number of amides is 2. The highest BCUT2D eigenvalue weighted by Gasteiger charge is 2.32. The van der Waals surface area contributed by atoms with Crippen LogP contribution in [0.3, 0.4) is 0 Å². The van der Waals surface area contributed by atoms with Crippen molar-refractivity contribution in [2.45, 2.75) is 157 Å². The maximum atomic E-state index is 13.8. The van der Waals surface area contributed by atoms with Crippen molar-refractivity contribution in [3.05, 3.63) is 150 Å². The fourth-order valence-electron chi connectivity index (χ4n) is 7.56. The molecule has 0 atom stereocenters. The monoisotopic (exact) mass is 897 g/mol. The molecule has 0 aliphatic heterocycles. The molecule has 8 nitrogen and oxygen atoms in total. The maximum Gasteiger partial charge on any atom is 0.255 e. The smallest absolute Gasteiger partial charge is 0.255 e. The van der Waals surface area contributed by atoms with Crippen LogP contribution in [0, 0.1) is 10.4 Å². The Hall–Kier alpha value is -5.54. The van der Waals surface area contributed by atoms with E-state index in [9.17, 15) is 20.0 Å². The van der Waals surface area contributed by atoms with Crippen LogP contribution in [0.2, 0.25) is 0 Å². The van der Waals surface area contributed by atoms with Gasteiger partial charge in [0, 0.05) is 46.8 Å². The van der Waals surface area contributed by atoms with Crippen molar-refractivity contribution in [3.8, 4) is 0 Å². The van der Waals surface area contributed by atoms with E-state index in [2.05, 4.69) is 160 Å². The van der Waals surface area contributed by atoms with Gasteiger partial charge < -0.3 is 21.0 Å². The van der Waals surface area contributed by atoms with Gasteiger partial charge in [0.2, 0.25) is 11.4 Å². The van der Waals surface area contributed by atoms with Crippen molar-refractivity contribution < 1.29 is 19.1 Å². The Balaban J connectivity index is 1.31. The van der Waals surface area contributed by atoms with Crippen LogP contribution in [0.5, 0.6) is 0 Å². The molecular formula is C56H72N4O4S. The molecule has 0 spiro atoms. The highest BCUT2D eigenvalue weighted by molar-refractivity contribution is 7.15. The molecule has 4 aromatic carbocycles. The first-order chi connectivity index (χ1) is 29.6. The molecular weight excluding hydrogens is 825 g/mol. The van der Waals surface area contributed by atoms with Gasteiger partial charge >= 0.3 is 0 Å². The Morgan fingerprint density at radius 3 is 0.923 bits per heavy atom. The summed E-state index contributed by atoms with van der Waals surface area (Å²) < 4.78 is 1.51. The van der Waals surface area contributed by atoms with Gasteiger partial charge in [0.1, 0.15) is 0 Å². The summed E-state index contributed by atoms with van der Waals surface area (Å²) >= 11 is 1.29. The molecule has 2 N–H and O–H groups in total. The van der Waals surface area contributed by atoms with Gasteiger partial charge in [-0.1, -0.05) is 149 Å². The van der Waals surface area contributed by atoms with E-state index in [4.69, 9.17) is 0 Å². The van der Waals surface area contributed by atoms with Gasteiger partial charge in [0.15, 0.2) is 12.4 Å². The number of carbonyl (C=O) groups excluding carboxylic acids is 2. The topological polar surface area (TPSA) is 110 Å². The van der Waals surface area contributed by atoms with E-state index in [1.807, 2.05) is 0 Å². The lowest BCUT2D eigenvalue weighted by molar-refractivity contribution is -0.354. The minimum atomic E-state index is -0.248. The average molecular weight is 897 g/mol. The molecule has 65 heavy (non-hydrogen) atoms. The molecule has 0 aliphatic rings. The second-order valence-corrected chi connectivity index (χ2v) is 24.7. The Morgan fingerprint density at radius 2 is 0.692 bits per heavy atom. The number of benzene rings is 4. The summed E-state index contributed by atoms with van der Waals surface area (Å²) in [6.07, 6.45) is 2.91. The van der Waals surface area contributed by atoms with Crippen LogP contribution >= 0.6 is 11.3 Å². The summed E-state index contributed by atoms with van der Waals surface area (Å²) in [5.41, 5.74) is 8.98. The molecule has 0 fully saturated rings. The second kappa shape index (κ2) is 18.0. The van der Waals surface area contributed by atoms with Crippen LogP contribution < -0.4 is 10.6 Å². The number of nitrogens with one attached hydrogen (secondary N) is 2. The normalized spacial score (nSPS) is 13.5. The van der Waals surface area contributed by atoms with Crippen LogP contribution in [-0.4, -0.2) is 33.7 Å². The lowest BCUT2D eigenvalue weighted by Gasteiger charge is -2.33. The number of nitrogens with zero attached hydrogens (tertiary/aromatic N) is 2. The summed E-state index contributed by atoms with van der Waals surface area (Å²) in [6, 6.07) is 25.6. The molecule has 9 heteroatoms. The Kier molecular flexibility index (Phi) is 14.0. The molecule has 1 heterocycles. The molecule has 0 radical (unpaired) electrons. The van der Waals surface area contributed by atoms with Crippen LogP contribution in [0.4, 0.5) is 22.7 Å². The summed E-state index contributed by atoms with van der Waals surface area (Å²) in [4.78, 5) is 28.9. The lowest BCUT2D eigenvalue weighted by atomic mass is 9.74. The molecule has 0 unspecified atom stereocenters. The van der Waals surface area contributed by atoms with Gasteiger partial charge in [-0.15, -0.1) is 11.3 Å². The highest BCUT2D eigenvalue weighted by Crippen LogP contribution is 2.43. The standard InChI is InChI=1S/C56H72N4O4S/c1-51(2,3)37-29-43(53(7,8)9)47(44(30-37)54(10,11)12)57-49(61)35-19-23-39(24-20-35)59(63)33-41-27-28-42(65-41)34-60(64)40-25-21-36(22-26-40)50(62)58-48-45(55(13,14)15)31-38(52(4,5)6)32-46(48)56(16,17)18/h19-34H,1-18H3,(H,57,61)(H,58,62)/b59-33-,60-34-. The van der Waals surface area contributed by atoms with E-state index in [1.165, 1.54) is 34.9 Å². The predicted octanol–water partition coefficient (Wildman–Crippen LogP) is 14.6. The van der Waals surface area contributed by atoms with Crippen molar-refractivity contribution in [2.75, 3.05) is 10.6 Å². The summed E-state index contributed by atoms with van der Waals surface area (Å²) in [5, 5.41) is 33.1. The fourth-order valence-corrected chi connectivity index (χ4v) is 8.41. The maximum absolute atomic E-state index is 13.8. The van der Waals surface area contributed by atoms with Crippen molar-refractivity contribution >= 4 is 58.3 Å². The fraction of sp³-hybridized carbons (Fsp3) is 0.429. The van der Waals surface area contributed by atoms with Crippen molar-refractivity contribution in [1.29, 1.82) is 0 Å². The Morgan fingerprint density at radius 1 is 0.431 bits per heavy atom. The second-order valence-electron chi connectivity index (χ2n) is 23.5. The van der Waals surface area contributed by atoms with Crippen molar-refractivity contribution in [1.82, 2.24) is 0 Å². The third-order valence-corrected chi connectivity index (χ3v) is 12.6. The van der Waals surface area contributed by atoms with Gasteiger partial charge in [0.25, 0.3) is 11.8 Å². The zero-order chi connectivity index (χ0) is 48.8. The predicted molar refractivity (Wildman–Crippen MR) is 275 cm³/mol. The van der Waals surface area contributed by atoms with Crippen LogP contribution in [-0.2, 0) is 32.5 Å². The van der Waals surface area contributed by atoms with Crippen molar-refractivity contribution in [2.24, 2.45) is 0 Å². The van der Waals surface area contributed by atoms with Gasteiger partial charge in [0.05, 0.1) is 9.75 Å². The van der Waals surface area contributed by atoms with Crippen LogP contribution in [0.15, 0.2) is 84.9 Å². The summed E-state index contributed by atoms with van der Waals surface area (Å²) in [5.74, 6) is -0.496. The van der Waals surface area contributed by atoms with Crippen LogP contribution in [0.1, 0.15) is 188 Å². The number of carbonyl (C=O) groups is 2. The van der Waals surface area contributed by atoms with E-state index in [-0.39, 0.29) is 44.3 Å². The molecule has 0 saturated heterocycles. The van der Waals surface area contributed by atoms with Gasteiger partial charge in [-0.25, -0.2) is 0 Å². The molecule has 5 aromatic rings. The third-order valence-electron chi connectivity index (χ3n) is 11.6. The van der Waals surface area contributed by atoms with Gasteiger partial charge in [-0.3, -0.25) is 9.59 Å². The Bertz CT molecular complexity index is 2370. The summed E-state index contributed by atoms with van der Waals surface area (Å²) in [6.45, 7) is 39.2. The first-order valence-corrected chi connectivity index (χ1v) is 23.4. The quantitative estimate of drug-likeness (QED) is 0.0699. The minimum absolute atomic E-state index is 0.0656. The first kappa shape index (κ1) is 50.5. The van der Waals surface area contributed by atoms with Crippen LogP contribution in [0.25, 0.3) is 0 Å². The number of hydrogen-bond acceptors (Lipinski definition) is 5. The molecule has 0 saturated carbocycles. The number of rotatable bonds is 8. The minimum Gasteiger partial charge on any atom is -0.618 e. The average Bonchev–Trinajstić information content (AvgIpc) is 3.61. The van der Waals surface area contributed by atoms with E-state index in [0.29, 0.717) is 32.3 Å². The lowest BCUT2D eigenvalue weighted by Crippen LogP contribution is -2.26. The first-order valence-electron chi connectivity index (χ1n) is 22.6. The Labute approximate surface area is 393 Å². The zero-order valence-corrected chi connectivity index (χ0v) is 43.0. The molecule has 0 bridgehead atoms. The third kappa shape index (κ3) is 12.2.